The van der Waals surface area contributed by atoms with Crippen molar-refractivity contribution in [2.45, 2.75) is 12.6 Å². The number of phenolic OH excluding ortho intramolecular Hbond substituents is 1. The van der Waals surface area contributed by atoms with Gasteiger partial charge in [0, 0.05) is 51.4 Å². The molecule has 2 aromatic carbocycles. The highest BCUT2D eigenvalue weighted by atomic mass is 16.3. The molecule has 1 atom stereocenters. The summed E-state index contributed by atoms with van der Waals surface area (Å²) in [5, 5.41) is 18.1. The molecule has 0 radical (unpaired) electrons. The van der Waals surface area contributed by atoms with E-state index in [0.717, 1.165) is 31.7 Å². The molecule has 0 aliphatic carbocycles. The molecule has 7 nitrogen and oxygen atoms in total. The van der Waals surface area contributed by atoms with Crippen LogP contribution in [-0.2, 0) is 13.6 Å². The van der Waals surface area contributed by atoms with Crippen molar-refractivity contribution in [3.63, 3.8) is 0 Å². The van der Waals surface area contributed by atoms with Crippen LogP contribution in [0.15, 0.2) is 48.7 Å². The van der Waals surface area contributed by atoms with Crippen molar-refractivity contribution in [3.05, 3.63) is 59.8 Å². The van der Waals surface area contributed by atoms with E-state index in [9.17, 15) is 9.90 Å². The van der Waals surface area contributed by atoms with Gasteiger partial charge in [0.15, 0.2) is 0 Å². The van der Waals surface area contributed by atoms with Gasteiger partial charge in [-0.15, -0.1) is 0 Å². The molecular formula is C22H27N5O2. The number of nitrogens with zero attached hydrogens (tertiary/aromatic N) is 4. The van der Waals surface area contributed by atoms with E-state index >= 15 is 0 Å². The van der Waals surface area contributed by atoms with Gasteiger partial charge in [-0.1, -0.05) is 30.3 Å². The van der Waals surface area contributed by atoms with E-state index in [4.69, 9.17) is 0 Å². The molecule has 1 aromatic heterocycles. The molecule has 3 aromatic rings. The first-order chi connectivity index (χ1) is 14.0. The van der Waals surface area contributed by atoms with Gasteiger partial charge in [-0.3, -0.25) is 14.4 Å². The third-order valence-corrected chi connectivity index (χ3v) is 5.64. The molecule has 7 heteroatoms. The number of fused-ring (bicyclic) bond motifs is 1. The van der Waals surface area contributed by atoms with Crippen LogP contribution in [0.5, 0.6) is 5.75 Å². The first kappa shape index (κ1) is 19.4. The Hall–Kier alpha value is -2.90. The maximum Gasteiger partial charge on any atom is 0.251 e. The summed E-state index contributed by atoms with van der Waals surface area (Å²) in [7, 11) is 3.91. The molecule has 2 N–H and O–H groups in total. The first-order valence-electron chi connectivity index (χ1n) is 9.90. The molecule has 0 bridgehead atoms. The van der Waals surface area contributed by atoms with E-state index in [1.807, 2.05) is 6.07 Å². The lowest BCUT2D eigenvalue weighted by atomic mass is 10.1. The molecule has 1 aliphatic heterocycles. The molecule has 1 saturated heterocycles. The van der Waals surface area contributed by atoms with Crippen LogP contribution in [0.3, 0.4) is 0 Å². The van der Waals surface area contributed by atoms with Gasteiger partial charge in [0.25, 0.3) is 5.91 Å². The number of nitrogens with one attached hydrogen (secondary N) is 1. The zero-order chi connectivity index (χ0) is 20.4. The lowest BCUT2D eigenvalue weighted by Gasteiger charge is -2.40. The van der Waals surface area contributed by atoms with Gasteiger partial charge >= 0.3 is 0 Å². The average molecular weight is 393 g/mol. The fourth-order valence-corrected chi connectivity index (χ4v) is 3.94. The van der Waals surface area contributed by atoms with Crippen LogP contribution in [0.4, 0.5) is 0 Å². The Morgan fingerprint density at radius 2 is 2.00 bits per heavy atom. The number of benzene rings is 2. The van der Waals surface area contributed by atoms with Gasteiger partial charge in [-0.2, -0.15) is 5.10 Å². The minimum absolute atomic E-state index is 0.0730. The third-order valence-electron chi connectivity index (χ3n) is 5.64. The van der Waals surface area contributed by atoms with Gasteiger partial charge in [0.2, 0.25) is 0 Å². The largest absolute Gasteiger partial charge is 0.507 e. The zero-order valence-electron chi connectivity index (χ0n) is 16.9. The number of aromatic nitrogens is 2. The smallest absolute Gasteiger partial charge is 0.251 e. The van der Waals surface area contributed by atoms with Crippen molar-refractivity contribution < 1.29 is 9.90 Å². The summed E-state index contributed by atoms with van der Waals surface area (Å²) >= 11 is 0. The second kappa shape index (κ2) is 8.23. The third kappa shape index (κ3) is 4.26. The lowest BCUT2D eigenvalue weighted by Crippen LogP contribution is -2.55. The molecule has 4 rings (SSSR count). The topological polar surface area (TPSA) is 73.6 Å². The van der Waals surface area contributed by atoms with Crippen molar-refractivity contribution in [3.8, 4) is 5.75 Å². The fraction of sp³-hybridized carbons (Fsp3) is 0.364. The summed E-state index contributed by atoms with van der Waals surface area (Å²) in [6.45, 7) is 4.31. The summed E-state index contributed by atoms with van der Waals surface area (Å²) in [6, 6.07) is 13.9. The van der Waals surface area contributed by atoms with Crippen LogP contribution in [0, 0.1) is 0 Å². The minimum atomic E-state index is -0.184. The molecule has 1 amide bonds. The Balaban J connectivity index is 1.45. The van der Waals surface area contributed by atoms with Gasteiger partial charge in [-0.25, -0.2) is 0 Å². The van der Waals surface area contributed by atoms with Crippen molar-refractivity contribution in [2.75, 3.05) is 33.2 Å². The summed E-state index contributed by atoms with van der Waals surface area (Å²) in [4.78, 5) is 17.5. The maximum absolute atomic E-state index is 12.8. The first-order valence-corrected chi connectivity index (χ1v) is 9.90. The number of hydrogen-bond acceptors (Lipinski definition) is 5. The molecule has 29 heavy (non-hydrogen) atoms. The van der Waals surface area contributed by atoms with Crippen LogP contribution in [-0.4, -0.2) is 69.9 Å². The van der Waals surface area contributed by atoms with E-state index in [1.165, 1.54) is 11.6 Å². The number of amides is 1. The number of aryl methyl sites for hydroxylation is 1. The quantitative estimate of drug-likeness (QED) is 0.692. The van der Waals surface area contributed by atoms with E-state index in [1.54, 1.807) is 24.0 Å². The Morgan fingerprint density at radius 1 is 1.21 bits per heavy atom. The van der Waals surface area contributed by atoms with Crippen LogP contribution >= 0.6 is 0 Å². The van der Waals surface area contributed by atoms with Gasteiger partial charge in [-0.05, 0) is 24.7 Å². The van der Waals surface area contributed by atoms with Gasteiger partial charge in [0.1, 0.15) is 5.75 Å². The molecular weight excluding hydrogens is 366 g/mol. The highest BCUT2D eigenvalue weighted by Crippen LogP contribution is 2.26. The van der Waals surface area contributed by atoms with Crippen molar-refractivity contribution >= 4 is 16.8 Å². The second-order valence-electron chi connectivity index (χ2n) is 7.78. The number of phenols is 1. The van der Waals surface area contributed by atoms with Crippen LogP contribution in [0.25, 0.3) is 10.9 Å². The van der Waals surface area contributed by atoms with Gasteiger partial charge in [0.05, 0.1) is 17.1 Å². The number of carbonyl (C=O) groups excluding carboxylic acids is 1. The molecule has 1 aliphatic rings. The molecule has 152 valence electrons. The molecule has 1 unspecified atom stereocenters. The number of hydrogen-bond donors (Lipinski definition) is 2. The van der Waals surface area contributed by atoms with Crippen LogP contribution in [0.1, 0.15) is 15.9 Å². The number of rotatable bonds is 5. The number of piperazine rings is 1. The van der Waals surface area contributed by atoms with Crippen LogP contribution < -0.4 is 5.32 Å². The number of aromatic hydroxyl groups is 1. The van der Waals surface area contributed by atoms with Crippen LogP contribution in [0.2, 0.25) is 0 Å². The lowest BCUT2D eigenvalue weighted by molar-refractivity contribution is 0.0756. The highest BCUT2D eigenvalue weighted by molar-refractivity contribution is 5.99. The Labute approximate surface area is 170 Å². The Kier molecular flexibility index (Phi) is 5.51. The number of likely N-dealkylation sites (N-methyl/N-ethyl adjacent to an activating group) is 1. The Bertz CT molecular complexity index is 1000. The predicted octanol–water partition coefficient (Wildman–Crippen LogP) is 1.82. The fourth-order valence-electron chi connectivity index (χ4n) is 3.94. The normalized spacial score (nSPS) is 18.2. The van der Waals surface area contributed by atoms with E-state index in [-0.39, 0.29) is 17.7 Å². The predicted molar refractivity (Wildman–Crippen MR) is 113 cm³/mol. The van der Waals surface area contributed by atoms with Crippen molar-refractivity contribution in [1.29, 1.82) is 0 Å². The molecule has 0 saturated carbocycles. The second-order valence-corrected chi connectivity index (χ2v) is 7.78. The zero-order valence-corrected chi connectivity index (χ0v) is 16.9. The SMILES string of the molecule is CN1CCN(Cc2ccccc2)C(CNC(=O)c2cc(O)c3cnn(C)c3c2)C1. The van der Waals surface area contributed by atoms with E-state index in [2.05, 4.69) is 51.5 Å². The monoisotopic (exact) mass is 393 g/mol. The van der Waals surface area contributed by atoms with Crippen molar-refractivity contribution in [2.24, 2.45) is 7.05 Å². The number of carbonyl (C=O) groups is 1. The summed E-state index contributed by atoms with van der Waals surface area (Å²) in [5.74, 6) is -0.111. The van der Waals surface area contributed by atoms with Gasteiger partial charge < -0.3 is 15.3 Å². The molecule has 1 fully saturated rings. The standard InChI is InChI=1S/C22H27N5O2/c1-25-8-9-27(14-16-6-4-3-5-7-16)18(15-25)12-23-22(29)17-10-20-19(21(28)11-17)13-24-26(20)2/h3-7,10-11,13,18,28H,8-9,12,14-15H2,1-2H3,(H,23,29). The summed E-state index contributed by atoms with van der Waals surface area (Å²) < 4.78 is 1.66. The highest BCUT2D eigenvalue weighted by Gasteiger charge is 2.26. The van der Waals surface area contributed by atoms with Crippen molar-refractivity contribution in [1.82, 2.24) is 24.9 Å². The average Bonchev–Trinajstić information content (AvgIpc) is 3.10. The maximum atomic E-state index is 12.8. The summed E-state index contributed by atoms with van der Waals surface area (Å²) in [5.41, 5.74) is 2.45. The minimum Gasteiger partial charge on any atom is -0.507 e. The molecule has 0 spiro atoms. The Morgan fingerprint density at radius 3 is 2.79 bits per heavy atom. The van der Waals surface area contributed by atoms with E-state index in [0.29, 0.717) is 17.5 Å². The summed E-state index contributed by atoms with van der Waals surface area (Å²) in [6.07, 6.45) is 1.60. The van der Waals surface area contributed by atoms with E-state index < -0.39 is 0 Å². The molecule has 2 heterocycles.